The molecular formula is C15H14F3NOS. The summed E-state index contributed by atoms with van der Waals surface area (Å²) in [4.78, 5) is 5.48. The van der Waals surface area contributed by atoms with Gasteiger partial charge in [-0.2, -0.15) is 18.7 Å². The first-order chi connectivity index (χ1) is 10.0. The fraction of sp³-hybridized carbons (Fsp3) is 0.200. The first-order valence-electron chi connectivity index (χ1n) is 6.26. The van der Waals surface area contributed by atoms with Crippen molar-refractivity contribution in [1.82, 2.24) is 5.48 Å². The van der Waals surface area contributed by atoms with E-state index in [4.69, 9.17) is 4.84 Å². The van der Waals surface area contributed by atoms with E-state index in [0.29, 0.717) is 13.2 Å². The number of hydrogen-bond donors (Lipinski definition) is 1. The number of benzene rings is 2. The zero-order valence-electron chi connectivity index (χ0n) is 11.1. The molecule has 0 aliphatic rings. The summed E-state index contributed by atoms with van der Waals surface area (Å²) >= 11 is -0.117. The predicted octanol–water partition coefficient (Wildman–Crippen LogP) is 4.52. The lowest BCUT2D eigenvalue weighted by Crippen LogP contribution is -2.13. The van der Waals surface area contributed by atoms with Crippen molar-refractivity contribution in [3.8, 4) is 0 Å². The molecule has 2 aromatic carbocycles. The number of rotatable bonds is 6. The van der Waals surface area contributed by atoms with Gasteiger partial charge in [-0.1, -0.05) is 42.5 Å². The molecule has 1 N–H and O–H groups in total. The van der Waals surface area contributed by atoms with Crippen LogP contribution in [0.15, 0.2) is 59.5 Å². The van der Waals surface area contributed by atoms with E-state index in [-0.39, 0.29) is 16.7 Å². The lowest BCUT2D eigenvalue weighted by Gasteiger charge is -2.08. The second-order valence-electron chi connectivity index (χ2n) is 4.29. The maximum atomic E-state index is 12.2. The van der Waals surface area contributed by atoms with Gasteiger partial charge in [0, 0.05) is 11.4 Å². The van der Waals surface area contributed by atoms with Gasteiger partial charge >= 0.3 is 5.51 Å². The van der Waals surface area contributed by atoms with Crippen LogP contribution in [-0.4, -0.2) is 5.51 Å². The molecule has 0 unspecified atom stereocenters. The topological polar surface area (TPSA) is 21.3 Å². The Morgan fingerprint density at radius 2 is 1.57 bits per heavy atom. The molecule has 0 radical (unpaired) electrons. The number of thioether (sulfide) groups is 1. The van der Waals surface area contributed by atoms with Crippen molar-refractivity contribution in [2.45, 2.75) is 23.6 Å². The summed E-state index contributed by atoms with van der Waals surface area (Å²) in [5.74, 6) is 0. The van der Waals surface area contributed by atoms with Gasteiger partial charge in [0.15, 0.2) is 0 Å². The summed E-state index contributed by atoms with van der Waals surface area (Å²) in [5.41, 5.74) is 0.437. The lowest BCUT2D eigenvalue weighted by molar-refractivity contribution is -0.0328. The molecule has 0 aliphatic carbocycles. The third-order valence-corrected chi connectivity index (χ3v) is 3.36. The van der Waals surface area contributed by atoms with Crippen LogP contribution in [0.5, 0.6) is 0 Å². The first kappa shape index (κ1) is 15.9. The van der Waals surface area contributed by atoms with E-state index in [1.54, 1.807) is 12.1 Å². The Bertz CT molecular complexity index is 543. The highest BCUT2D eigenvalue weighted by Gasteiger charge is 2.28. The summed E-state index contributed by atoms with van der Waals surface area (Å²) in [7, 11) is 0. The van der Waals surface area contributed by atoms with E-state index < -0.39 is 5.51 Å². The Morgan fingerprint density at radius 1 is 0.905 bits per heavy atom. The van der Waals surface area contributed by atoms with Gasteiger partial charge in [0.25, 0.3) is 0 Å². The highest BCUT2D eigenvalue weighted by atomic mass is 32.2. The lowest BCUT2D eigenvalue weighted by atomic mass is 10.2. The Kier molecular flexibility index (Phi) is 5.67. The minimum atomic E-state index is -4.25. The van der Waals surface area contributed by atoms with Crippen LogP contribution in [0.1, 0.15) is 11.1 Å². The smallest absolute Gasteiger partial charge is 0.297 e. The van der Waals surface area contributed by atoms with Crippen LogP contribution in [0.3, 0.4) is 0 Å². The van der Waals surface area contributed by atoms with Crippen molar-refractivity contribution in [3.63, 3.8) is 0 Å². The Hall–Kier alpha value is -1.50. The molecule has 0 atom stereocenters. The van der Waals surface area contributed by atoms with Crippen LogP contribution in [-0.2, 0) is 18.0 Å². The highest BCUT2D eigenvalue weighted by Crippen LogP contribution is 2.36. The number of alkyl halides is 3. The van der Waals surface area contributed by atoms with Crippen LogP contribution < -0.4 is 5.48 Å². The van der Waals surface area contributed by atoms with Crippen molar-refractivity contribution in [3.05, 3.63) is 65.7 Å². The van der Waals surface area contributed by atoms with Crippen LogP contribution in [0.2, 0.25) is 0 Å². The van der Waals surface area contributed by atoms with Gasteiger partial charge in [-0.25, -0.2) is 0 Å². The molecule has 112 valence electrons. The van der Waals surface area contributed by atoms with Crippen molar-refractivity contribution in [2.75, 3.05) is 0 Å². The molecule has 6 heteroatoms. The summed E-state index contributed by atoms with van der Waals surface area (Å²) in [6, 6.07) is 15.9. The average Bonchev–Trinajstić information content (AvgIpc) is 2.45. The first-order valence-corrected chi connectivity index (χ1v) is 7.08. The van der Waals surface area contributed by atoms with E-state index in [0.717, 1.165) is 11.1 Å². The molecule has 21 heavy (non-hydrogen) atoms. The van der Waals surface area contributed by atoms with Gasteiger partial charge in [-0.15, -0.1) is 0 Å². The monoisotopic (exact) mass is 313 g/mol. The highest BCUT2D eigenvalue weighted by molar-refractivity contribution is 8.00. The molecule has 0 saturated heterocycles. The molecule has 0 spiro atoms. The van der Waals surface area contributed by atoms with Gasteiger partial charge in [0.05, 0.1) is 6.61 Å². The molecule has 2 aromatic rings. The molecule has 0 heterocycles. The van der Waals surface area contributed by atoms with Gasteiger partial charge in [-0.05, 0) is 35.0 Å². The molecule has 0 bridgehead atoms. The second-order valence-corrected chi connectivity index (χ2v) is 5.43. The number of hydroxylamine groups is 1. The zero-order chi connectivity index (χ0) is 15.1. The minimum Gasteiger partial charge on any atom is -0.297 e. The summed E-state index contributed by atoms with van der Waals surface area (Å²) in [6.45, 7) is 0.868. The van der Waals surface area contributed by atoms with Gasteiger partial charge in [0.2, 0.25) is 0 Å². The number of nitrogens with one attached hydrogen (secondary N) is 1. The number of halogens is 3. The molecular weight excluding hydrogens is 299 g/mol. The van der Waals surface area contributed by atoms with Crippen molar-refractivity contribution >= 4 is 11.8 Å². The van der Waals surface area contributed by atoms with E-state index in [1.807, 2.05) is 30.3 Å². The van der Waals surface area contributed by atoms with Crippen LogP contribution in [0.4, 0.5) is 13.2 Å². The molecule has 0 amide bonds. The van der Waals surface area contributed by atoms with Gasteiger partial charge in [-0.3, -0.25) is 4.84 Å². The quantitative estimate of drug-likeness (QED) is 0.481. The normalized spacial score (nSPS) is 11.6. The standard InChI is InChI=1S/C15H14F3NOS/c16-15(17,18)21-14-8-6-12(7-9-14)10-19-20-11-13-4-2-1-3-5-13/h1-9,19H,10-11H2. The molecule has 2 nitrogen and oxygen atoms in total. The average molecular weight is 313 g/mol. The molecule has 2 rings (SSSR count). The van der Waals surface area contributed by atoms with E-state index in [2.05, 4.69) is 5.48 Å². The fourth-order valence-corrected chi connectivity index (χ4v) is 2.19. The minimum absolute atomic E-state index is 0.117. The summed E-state index contributed by atoms with van der Waals surface area (Å²) < 4.78 is 36.5. The third-order valence-electron chi connectivity index (χ3n) is 2.62. The molecule has 0 aromatic heterocycles. The van der Waals surface area contributed by atoms with Gasteiger partial charge < -0.3 is 0 Å². The maximum Gasteiger partial charge on any atom is 0.446 e. The molecule has 0 aliphatic heterocycles. The van der Waals surface area contributed by atoms with Crippen molar-refractivity contribution < 1.29 is 18.0 Å². The number of hydrogen-bond acceptors (Lipinski definition) is 3. The van der Waals surface area contributed by atoms with Gasteiger partial charge in [0.1, 0.15) is 0 Å². The van der Waals surface area contributed by atoms with E-state index in [9.17, 15) is 13.2 Å². The largest absolute Gasteiger partial charge is 0.446 e. The summed E-state index contributed by atoms with van der Waals surface area (Å²) in [6.07, 6.45) is 0. The van der Waals surface area contributed by atoms with Crippen LogP contribution in [0, 0.1) is 0 Å². The molecule has 0 fully saturated rings. The predicted molar refractivity (Wildman–Crippen MR) is 76.4 cm³/mol. The second kappa shape index (κ2) is 7.49. The third kappa shape index (κ3) is 6.20. The van der Waals surface area contributed by atoms with Crippen LogP contribution in [0.25, 0.3) is 0 Å². The fourth-order valence-electron chi connectivity index (χ4n) is 1.65. The van der Waals surface area contributed by atoms with Crippen molar-refractivity contribution in [1.29, 1.82) is 0 Å². The maximum absolute atomic E-state index is 12.2. The van der Waals surface area contributed by atoms with Crippen molar-refractivity contribution in [2.24, 2.45) is 0 Å². The summed E-state index contributed by atoms with van der Waals surface area (Å²) in [5, 5.41) is 0. The Morgan fingerprint density at radius 3 is 2.19 bits per heavy atom. The van der Waals surface area contributed by atoms with E-state index >= 15 is 0 Å². The SMILES string of the molecule is FC(F)(F)Sc1ccc(CNOCc2ccccc2)cc1. The zero-order valence-corrected chi connectivity index (χ0v) is 11.9. The Labute approximate surface area is 125 Å². The van der Waals surface area contributed by atoms with E-state index in [1.165, 1.54) is 12.1 Å². The Balaban J connectivity index is 1.74. The molecule has 0 saturated carbocycles. The van der Waals surface area contributed by atoms with Crippen LogP contribution >= 0.6 is 11.8 Å².